The molecule has 1 unspecified atom stereocenters. The van der Waals surface area contributed by atoms with Crippen molar-refractivity contribution in [3.8, 4) is 0 Å². The normalized spacial score (nSPS) is 17.6. The molecular formula is C25H20F2N2O. The van der Waals surface area contributed by atoms with Crippen LogP contribution in [0.15, 0.2) is 78.9 Å². The van der Waals surface area contributed by atoms with Crippen molar-refractivity contribution in [2.45, 2.75) is 12.5 Å². The van der Waals surface area contributed by atoms with Gasteiger partial charge in [0.1, 0.15) is 11.6 Å². The Kier molecular flexibility index (Phi) is 4.58. The first-order valence-corrected chi connectivity index (χ1v) is 9.99. The fraction of sp³-hybridized carbons (Fsp3) is 0.160. The number of rotatable bonds is 4. The van der Waals surface area contributed by atoms with Gasteiger partial charge in [0.15, 0.2) is 0 Å². The number of hydrogen-bond donors (Lipinski definition) is 0. The number of urea groups is 1. The van der Waals surface area contributed by atoms with E-state index in [4.69, 9.17) is 0 Å². The maximum atomic E-state index is 14.4. The lowest BCUT2D eigenvalue weighted by molar-refractivity contribution is 0.200. The molecule has 5 rings (SSSR count). The highest BCUT2D eigenvalue weighted by Crippen LogP contribution is 2.43. The van der Waals surface area contributed by atoms with E-state index in [0.717, 1.165) is 35.4 Å². The van der Waals surface area contributed by atoms with Gasteiger partial charge in [-0.1, -0.05) is 54.6 Å². The van der Waals surface area contributed by atoms with Crippen LogP contribution in [-0.4, -0.2) is 24.0 Å². The fourth-order valence-corrected chi connectivity index (χ4v) is 4.32. The maximum absolute atomic E-state index is 14.4. The molecular weight excluding hydrogens is 382 g/mol. The van der Waals surface area contributed by atoms with Crippen molar-refractivity contribution in [1.29, 1.82) is 0 Å². The van der Waals surface area contributed by atoms with Crippen molar-refractivity contribution in [3.63, 3.8) is 0 Å². The molecule has 0 aromatic heterocycles. The Morgan fingerprint density at radius 3 is 2.53 bits per heavy atom. The second-order valence-corrected chi connectivity index (χ2v) is 7.62. The molecule has 0 saturated carbocycles. The van der Waals surface area contributed by atoms with Gasteiger partial charge in [-0.25, -0.2) is 13.6 Å². The van der Waals surface area contributed by atoms with Crippen molar-refractivity contribution in [2.24, 2.45) is 0 Å². The van der Waals surface area contributed by atoms with Gasteiger partial charge in [-0.15, -0.1) is 0 Å². The summed E-state index contributed by atoms with van der Waals surface area (Å²) in [4.78, 5) is 16.9. The minimum atomic E-state index is -0.492. The van der Waals surface area contributed by atoms with Crippen LogP contribution >= 0.6 is 0 Å². The van der Waals surface area contributed by atoms with Gasteiger partial charge in [0, 0.05) is 24.2 Å². The van der Waals surface area contributed by atoms with E-state index in [1.807, 2.05) is 60.7 Å². The molecule has 1 atom stereocenters. The van der Waals surface area contributed by atoms with Crippen LogP contribution < -0.4 is 4.90 Å². The van der Waals surface area contributed by atoms with E-state index in [-0.39, 0.29) is 24.2 Å². The fourth-order valence-electron chi connectivity index (χ4n) is 4.32. The van der Waals surface area contributed by atoms with Crippen molar-refractivity contribution < 1.29 is 13.6 Å². The summed E-state index contributed by atoms with van der Waals surface area (Å²) < 4.78 is 28.1. The SMILES string of the molecule is O=C1N(CCc2ccccc2)c2ccccc2C2C=C(c3cc(F)ccc3F)CN12. The number of hydrogen-bond acceptors (Lipinski definition) is 1. The first kappa shape index (κ1) is 18.6. The highest BCUT2D eigenvalue weighted by molar-refractivity contribution is 5.98. The third-order valence-corrected chi connectivity index (χ3v) is 5.80. The van der Waals surface area contributed by atoms with Crippen molar-refractivity contribution in [1.82, 2.24) is 4.90 Å². The van der Waals surface area contributed by atoms with Gasteiger partial charge in [0.25, 0.3) is 0 Å². The van der Waals surface area contributed by atoms with E-state index in [1.165, 1.54) is 6.07 Å². The van der Waals surface area contributed by atoms with Gasteiger partial charge in [0.2, 0.25) is 0 Å². The third-order valence-electron chi connectivity index (χ3n) is 5.80. The quantitative estimate of drug-likeness (QED) is 0.558. The van der Waals surface area contributed by atoms with Crippen molar-refractivity contribution in [2.75, 3.05) is 18.0 Å². The van der Waals surface area contributed by atoms with Gasteiger partial charge >= 0.3 is 6.03 Å². The molecule has 3 aromatic carbocycles. The second kappa shape index (κ2) is 7.41. The lowest BCUT2D eigenvalue weighted by Gasteiger charge is -2.39. The standard InChI is InChI=1S/C25H20F2N2O/c26-19-10-11-22(27)21(15-19)18-14-24-20-8-4-5-9-23(20)28(25(30)29(24)16-18)13-12-17-6-2-1-3-7-17/h1-11,14-15,24H,12-13,16H2. The molecule has 0 bridgehead atoms. The minimum Gasteiger partial charge on any atom is -0.309 e. The number of anilines is 1. The molecule has 0 spiro atoms. The minimum absolute atomic E-state index is 0.113. The molecule has 0 fully saturated rings. The topological polar surface area (TPSA) is 23.6 Å². The summed E-state index contributed by atoms with van der Waals surface area (Å²) in [7, 11) is 0. The largest absolute Gasteiger partial charge is 0.325 e. The summed E-state index contributed by atoms with van der Waals surface area (Å²) >= 11 is 0. The average Bonchev–Trinajstić information content (AvgIpc) is 3.22. The molecule has 2 aliphatic heterocycles. The monoisotopic (exact) mass is 402 g/mol. The molecule has 2 heterocycles. The smallest absolute Gasteiger partial charge is 0.309 e. The Bertz CT molecular complexity index is 1140. The number of carbonyl (C=O) groups is 1. The van der Waals surface area contributed by atoms with Crippen LogP contribution in [-0.2, 0) is 6.42 Å². The van der Waals surface area contributed by atoms with Crippen LogP contribution in [0.25, 0.3) is 5.57 Å². The molecule has 30 heavy (non-hydrogen) atoms. The Labute approximate surface area is 173 Å². The maximum Gasteiger partial charge on any atom is 0.325 e. The second-order valence-electron chi connectivity index (χ2n) is 7.62. The average molecular weight is 402 g/mol. The molecule has 3 nitrogen and oxygen atoms in total. The highest BCUT2D eigenvalue weighted by atomic mass is 19.1. The summed E-state index contributed by atoms with van der Waals surface area (Å²) in [6.07, 6.45) is 2.61. The zero-order valence-electron chi connectivity index (χ0n) is 16.3. The predicted molar refractivity (Wildman–Crippen MR) is 113 cm³/mol. The Hall–Kier alpha value is -3.47. The number of fused-ring (bicyclic) bond motifs is 3. The number of para-hydroxylation sites is 1. The number of halogens is 2. The summed E-state index contributed by atoms with van der Waals surface area (Å²) in [5, 5.41) is 0. The summed E-state index contributed by atoms with van der Waals surface area (Å²) in [6.45, 7) is 0.798. The Morgan fingerprint density at radius 2 is 1.70 bits per heavy atom. The number of carbonyl (C=O) groups excluding carboxylic acids is 1. The first-order chi connectivity index (χ1) is 14.6. The zero-order valence-corrected chi connectivity index (χ0v) is 16.3. The van der Waals surface area contributed by atoms with Crippen molar-refractivity contribution >= 4 is 17.3 Å². The number of amides is 2. The molecule has 2 amide bonds. The van der Waals surface area contributed by atoms with Crippen LogP contribution in [0.4, 0.5) is 19.3 Å². The Morgan fingerprint density at radius 1 is 0.933 bits per heavy atom. The van der Waals surface area contributed by atoms with Crippen LogP contribution in [0.1, 0.15) is 22.7 Å². The Balaban J connectivity index is 1.48. The molecule has 3 aromatic rings. The molecule has 0 saturated heterocycles. The summed E-state index contributed by atoms with van der Waals surface area (Å²) in [5.41, 5.74) is 3.87. The predicted octanol–water partition coefficient (Wildman–Crippen LogP) is 5.59. The molecule has 150 valence electrons. The highest BCUT2D eigenvalue weighted by Gasteiger charge is 2.40. The van der Waals surface area contributed by atoms with Crippen LogP contribution in [0, 0.1) is 11.6 Å². The van der Waals surface area contributed by atoms with E-state index in [1.54, 1.807) is 9.80 Å². The molecule has 2 aliphatic rings. The summed E-state index contributed by atoms with van der Waals surface area (Å²) in [6, 6.07) is 20.9. The van der Waals surface area contributed by atoms with Crippen LogP contribution in [0.5, 0.6) is 0 Å². The van der Waals surface area contributed by atoms with Gasteiger partial charge in [0.05, 0.1) is 11.7 Å². The molecule has 0 aliphatic carbocycles. The molecule has 0 radical (unpaired) electrons. The van der Waals surface area contributed by atoms with E-state index >= 15 is 0 Å². The van der Waals surface area contributed by atoms with Gasteiger partial charge in [-0.2, -0.15) is 0 Å². The van der Waals surface area contributed by atoms with Crippen LogP contribution in [0.3, 0.4) is 0 Å². The van der Waals surface area contributed by atoms with E-state index in [2.05, 4.69) is 0 Å². The zero-order chi connectivity index (χ0) is 20.7. The number of nitrogens with zero attached hydrogens (tertiary/aromatic N) is 2. The molecule has 0 N–H and O–H groups in total. The summed E-state index contributed by atoms with van der Waals surface area (Å²) in [5.74, 6) is -0.974. The van der Waals surface area contributed by atoms with Gasteiger partial charge in [-0.05, 0) is 41.8 Å². The van der Waals surface area contributed by atoms with Gasteiger partial charge < -0.3 is 4.90 Å². The lowest BCUT2D eigenvalue weighted by atomic mass is 9.99. The first-order valence-electron chi connectivity index (χ1n) is 9.99. The van der Waals surface area contributed by atoms with E-state index in [0.29, 0.717) is 12.1 Å². The van der Waals surface area contributed by atoms with Gasteiger partial charge in [-0.3, -0.25) is 4.90 Å². The van der Waals surface area contributed by atoms with E-state index in [9.17, 15) is 13.6 Å². The van der Waals surface area contributed by atoms with E-state index < -0.39 is 11.6 Å². The number of benzene rings is 3. The van der Waals surface area contributed by atoms with Crippen molar-refractivity contribution in [3.05, 3.63) is 107 Å². The third kappa shape index (κ3) is 3.16. The lowest BCUT2D eigenvalue weighted by Crippen LogP contribution is -2.48. The van der Waals surface area contributed by atoms with Crippen LogP contribution in [0.2, 0.25) is 0 Å². The molecule has 5 heteroatoms.